The molecule has 0 aromatic carbocycles. The Morgan fingerprint density at radius 3 is 2.56 bits per heavy atom. The highest BCUT2D eigenvalue weighted by Crippen LogP contribution is 2.11. The SMILES string of the molecule is CC(=O)C1CCCO1.[Cl-]. The maximum absolute atomic E-state index is 10.5. The Labute approximate surface area is 61.0 Å². The molecule has 1 rings (SSSR count). The Balaban J connectivity index is 0.000000640. The van der Waals surface area contributed by atoms with Crippen molar-refractivity contribution in [3.63, 3.8) is 0 Å². The zero-order chi connectivity index (χ0) is 5.98. The first-order valence-corrected chi connectivity index (χ1v) is 2.93. The molecule has 9 heavy (non-hydrogen) atoms. The summed E-state index contributed by atoms with van der Waals surface area (Å²) in [6.07, 6.45) is 1.90. The lowest BCUT2D eigenvalue weighted by atomic mass is 10.2. The molecule has 0 amide bonds. The lowest BCUT2D eigenvalue weighted by Gasteiger charge is -2.00. The van der Waals surface area contributed by atoms with Crippen LogP contribution in [0.15, 0.2) is 0 Å². The van der Waals surface area contributed by atoms with Crippen LogP contribution in [-0.2, 0) is 9.53 Å². The molecule has 1 fully saturated rings. The fourth-order valence-corrected chi connectivity index (χ4v) is 0.898. The van der Waals surface area contributed by atoms with Crippen molar-refractivity contribution >= 4 is 5.78 Å². The fourth-order valence-electron chi connectivity index (χ4n) is 0.898. The van der Waals surface area contributed by atoms with E-state index in [4.69, 9.17) is 4.74 Å². The van der Waals surface area contributed by atoms with E-state index in [9.17, 15) is 4.79 Å². The zero-order valence-corrected chi connectivity index (χ0v) is 6.15. The number of halogens is 1. The van der Waals surface area contributed by atoms with Gasteiger partial charge in [0.1, 0.15) is 6.10 Å². The van der Waals surface area contributed by atoms with Crippen molar-refractivity contribution in [3.8, 4) is 0 Å². The van der Waals surface area contributed by atoms with Crippen molar-refractivity contribution < 1.29 is 21.9 Å². The maximum Gasteiger partial charge on any atom is 0.158 e. The van der Waals surface area contributed by atoms with Crippen molar-refractivity contribution in [1.29, 1.82) is 0 Å². The summed E-state index contributed by atoms with van der Waals surface area (Å²) in [5.41, 5.74) is 0. The van der Waals surface area contributed by atoms with Crippen molar-refractivity contribution in [2.24, 2.45) is 0 Å². The van der Waals surface area contributed by atoms with E-state index in [1.807, 2.05) is 0 Å². The third kappa shape index (κ3) is 2.33. The lowest BCUT2D eigenvalue weighted by molar-refractivity contribution is -0.125. The Bertz CT molecular complexity index is 97.2. The molecule has 1 aliphatic heterocycles. The minimum absolute atomic E-state index is 0. The standard InChI is InChI=1S/C6H10O2.ClH/c1-5(7)6-3-2-4-8-6;/h6H,2-4H2,1H3;1H/p-1. The van der Waals surface area contributed by atoms with Gasteiger partial charge in [0.15, 0.2) is 5.78 Å². The Kier molecular flexibility index (Phi) is 3.82. The second-order valence-corrected chi connectivity index (χ2v) is 2.11. The molecule has 0 N–H and O–H groups in total. The molecular formula is C6H10ClO2-. The molecule has 0 aromatic rings. The van der Waals surface area contributed by atoms with E-state index in [1.54, 1.807) is 6.92 Å². The van der Waals surface area contributed by atoms with Crippen LogP contribution in [0.4, 0.5) is 0 Å². The molecule has 0 aromatic heterocycles. The van der Waals surface area contributed by atoms with Gasteiger partial charge >= 0.3 is 0 Å². The van der Waals surface area contributed by atoms with Crippen molar-refractivity contribution in [1.82, 2.24) is 0 Å². The summed E-state index contributed by atoms with van der Waals surface area (Å²) in [6.45, 7) is 2.35. The first-order chi connectivity index (χ1) is 3.80. The minimum Gasteiger partial charge on any atom is -1.00 e. The molecule has 1 unspecified atom stereocenters. The van der Waals surface area contributed by atoms with Gasteiger partial charge in [-0.2, -0.15) is 0 Å². The monoisotopic (exact) mass is 149 g/mol. The first-order valence-electron chi connectivity index (χ1n) is 2.93. The Hall–Kier alpha value is -0.0800. The van der Waals surface area contributed by atoms with Crippen LogP contribution < -0.4 is 12.4 Å². The van der Waals surface area contributed by atoms with Crippen LogP contribution >= 0.6 is 0 Å². The molecule has 54 valence electrons. The van der Waals surface area contributed by atoms with Gasteiger partial charge in [0.25, 0.3) is 0 Å². The van der Waals surface area contributed by atoms with Crippen LogP contribution in [0.25, 0.3) is 0 Å². The molecule has 1 aliphatic rings. The van der Waals surface area contributed by atoms with Crippen molar-refractivity contribution in [2.45, 2.75) is 25.9 Å². The maximum atomic E-state index is 10.5. The molecule has 1 atom stereocenters. The number of ether oxygens (including phenoxy) is 1. The van der Waals surface area contributed by atoms with Crippen LogP contribution in [0.3, 0.4) is 0 Å². The third-order valence-electron chi connectivity index (χ3n) is 1.38. The zero-order valence-electron chi connectivity index (χ0n) is 5.39. The molecule has 3 heteroatoms. The number of ketones is 1. The molecule has 1 saturated heterocycles. The highest BCUT2D eigenvalue weighted by molar-refractivity contribution is 5.80. The number of carbonyl (C=O) groups is 1. The minimum atomic E-state index is -0.0741. The highest BCUT2D eigenvalue weighted by atomic mass is 35.5. The molecule has 0 radical (unpaired) electrons. The van der Waals surface area contributed by atoms with Crippen molar-refractivity contribution in [2.75, 3.05) is 6.61 Å². The average Bonchev–Trinajstić information content (AvgIpc) is 2.12. The summed E-state index contributed by atoms with van der Waals surface area (Å²) in [5.74, 6) is 0.169. The summed E-state index contributed by atoms with van der Waals surface area (Å²) in [5, 5.41) is 0. The molecule has 0 bridgehead atoms. The normalized spacial score (nSPS) is 25.2. The number of hydrogen-bond acceptors (Lipinski definition) is 2. The van der Waals surface area contributed by atoms with Gasteiger partial charge in [-0.05, 0) is 19.8 Å². The van der Waals surface area contributed by atoms with E-state index in [0.717, 1.165) is 19.4 Å². The molecule has 1 heterocycles. The highest BCUT2D eigenvalue weighted by Gasteiger charge is 2.18. The Morgan fingerprint density at radius 1 is 1.67 bits per heavy atom. The predicted molar refractivity (Wildman–Crippen MR) is 29.7 cm³/mol. The van der Waals surface area contributed by atoms with E-state index in [1.165, 1.54) is 0 Å². The first kappa shape index (κ1) is 8.92. The molecule has 0 saturated carbocycles. The summed E-state index contributed by atoms with van der Waals surface area (Å²) in [6, 6.07) is 0. The molecule has 0 spiro atoms. The van der Waals surface area contributed by atoms with Crippen LogP contribution in [-0.4, -0.2) is 18.5 Å². The number of hydrogen-bond donors (Lipinski definition) is 0. The van der Waals surface area contributed by atoms with E-state index in [-0.39, 0.29) is 24.3 Å². The van der Waals surface area contributed by atoms with Crippen LogP contribution in [0, 0.1) is 0 Å². The van der Waals surface area contributed by atoms with Crippen LogP contribution in [0.5, 0.6) is 0 Å². The van der Waals surface area contributed by atoms with Crippen LogP contribution in [0.2, 0.25) is 0 Å². The van der Waals surface area contributed by atoms with Gasteiger partial charge in [-0.3, -0.25) is 4.79 Å². The van der Waals surface area contributed by atoms with E-state index in [2.05, 4.69) is 0 Å². The van der Waals surface area contributed by atoms with Crippen LogP contribution in [0.1, 0.15) is 19.8 Å². The quantitative estimate of drug-likeness (QED) is 0.422. The molecular weight excluding hydrogens is 140 g/mol. The van der Waals surface area contributed by atoms with Gasteiger partial charge in [0.05, 0.1) is 0 Å². The van der Waals surface area contributed by atoms with Gasteiger partial charge in [0, 0.05) is 6.61 Å². The van der Waals surface area contributed by atoms with Gasteiger partial charge in [-0.1, -0.05) is 0 Å². The lowest BCUT2D eigenvalue weighted by Crippen LogP contribution is -3.00. The van der Waals surface area contributed by atoms with E-state index < -0.39 is 0 Å². The van der Waals surface area contributed by atoms with Gasteiger partial charge in [-0.25, -0.2) is 0 Å². The Morgan fingerprint density at radius 2 is 2.33 bits per heavy atom. The number of carbonyl (C=O) groups excluding carboxylic acids is 1. The largest absolute Gasteiger partial charge is 1.00 e. The predicted octanol–water partition coefficient (Wildman–Crippen LogP) is -2.24. The second kappa shape index (κ2) is 3.85. The molecule has 2 nitrogen and oxygen atoms in total. The summed E-state index contributed by atoms with van der Waals surface area (Å²) >= 11 is 0. The summed E-state index contributed by atoms with van der Waals surface area (Å²) in [4.78, 5) is 10.5. The molecule has 0 aliphatic carbocycles. The smallest absolute Gasteiger partial charge is 0.158 e. The van der Waals surface area contributed by atoms with Gasteiger partial charge in [-0.15, -0.1) is 0 Å². The number of Topliss-reactive ketones (excluding diaryl/α,β-unsaturated/α-hetero) is 1. The number of rotatable bonds is 1. The summed E-state index contributed by atoms with van der Waals surface area (Å²) in [7, 11) is 0. The summed E-state index contributed by atoms with van der Waals surface area (Å²) < 4.78 is 5.06. The topological polar surface area (TPSA) is 26.3 Å². The average molecular weight is 150 g/mol. The van der Waals surface area contributed by atoms with E-state index >= 15 is 0 Å². The van der Waals surface area contributed by atoms with Crippen molar-refractivity contribution in [3.05, 3.63) is 0 Å². The second-order valence-electron chi connectivity index (χ2n) is 2.11. The third-order valence-corrected chi connectivity index (χ3v) is 1.38. The van der Waals surface area contributed by atoms with Gasteiger partial charge < -0.3 is 17.1 Å². The fraction of sp³-hybridized carbons (Fsp3) is 0.833. The van der Waals surface area contributed by atoms with E-state index in [0.29, 0.717) is 0 Å². The van der Waals surface area contributed by atoms with Gasteiger partial charge in [0.2, 0.25) is 0 Å².